The zero-order chi connectivity index (χ0) is 10.7. The minimum absolute atomic E-state index is 0.0353. The van der Waals surface area contributed by atoms with E-state index in [2.05, 4.69) is 0 Å². The summed E-state index contributed by atoms with van der Waals surface area (Å²) in [7, 11) is 0. The first-order chi connectivity index (χ1) is 7.31. The lowest BCUT2D eigenvalue weighted by Gasteiger charge is -2.24. The van der Waals surface area contributed by atoms with Crippen LogP contribution in [-0.4, -0.2) is 24.8 Å². The third-order valence-corrected chi connectivity index (χ3v) is 2.61. The molecule has 1 aromatic carbocycles. The van der Waals surface area contributed by atoms with Crippen LogP contribution in [0.3, 0.4) is 0 Å². The second-order valence-corrected chi connectivity index (χ2v) is 3.63. The molecular weight excluding hydrogens is 195 g/mol. The average Bonchev–Trinajstić information content (AvgIpc) is 2.75. The molecule has 1 fully saturated rings. The Hall–Kier alpha value is -0.970. The fourth-order valence-electron chi connectivity index (χ4n) is 1.82. The number of hydrogen-bond donors (Lipinski definition) is 1. The van der Waals surface area contributed by atoms with Crippen molar-refractivity contribution in [3.8, 4) is 0 Å². The fourth-order valence-corrected chi connectivity index (χ4v) is 1.82. The number of hydrogen-bond acceptors (Lipinski definition) is 3. The maximum absolute atomic E-state index is 12.8. The first-order valence-corrected chi connectivity index (χ1v) is 5.16. The first-order valence-electron chi connectivity index (χ1n) is 5.16. The lowest BCUT2D eigenvalue weighted by Crippen LogP contribution is -2.30. The van der Waals surface area contributed by atoms with Crippen molar-refractivity contribution in [2.24, 2.45) is 5.73 Å². The third kappa shape index (κ3) is 2.34. The Bertz CT molecular complexity index is 309. The van der Waals surface area contributed by atoms with Crippen LogP contribution in [0.15, 0.2) is 24.3 Å². The van der Waals surface area contributed by atoms with E-state index >= 15 is 0 Å². The Morgan fingerprint density at radius 2 is 2.13 bits per heavy atom. The fraction of sp³-hybridized carbons (Fsp3) is 0.455. The molecular formula is C11H15FN2O. The van der Waals surface area contributed by atoms with Gasteiger partial charge in [0.25, 0.3) is 0 Å². The quantitative estimate of drug-likeness (QED) is 0.821. The molecule has 0 bridgehead atoms. The average molecular weight is 210 g/mol. The van der Waals surface area contributed by atoms with Gasteiger partial charge in [-0.25, -0.2) is 4.39 Å². The summed E-state index contributed by atoms with van der Waals surface area (Å²) in [4.78, 5) is 5.45. The van der Waals surface area contributed by atoms with E-state index in [4.69, 9.17) is 10.6 Å². The summed E-state index contributed by atoms with van der Waals surface area (Å²) in [5.74, 6) is -0.225. The SMILES string of the molecule is NCC(c1ccc(F)cc1)N1CCCO1. The van der Waals surface area contributed by atoms with Gasteiger partial charge in [0.15, 0.2) is 0 Å². The molecule has 1 atom stereocenters. The van der Waals surface area contributed by atoms with Gasteiger partial charge in [0.05, 0.1) is 12.6 Å². The van der Waals surface area contributed by atoms with Gasteiger partial charge < -0.3 is 5.73 Å². The maximum atomic E-state index is 12.8. The van der Waals surface area contributed by atoms with Crippen LogP contribution >= 0.6 is 0 Å². The molecule has 1 heterocycles. The van der Waals surface area contributed by atoms with E-state index in [0.29, 0.717) is 6.54 Å². The monoisotopic (exact) mass is 210 g/mol. The van der Waals surface area contributed by atoms with Crippen molar-refractivity contribution in [2.75, 3.05) is 19.7 Å². The number of hydroxylamine groups is 2. The highest BCUT2D eigenvalue weighted by Crippen LogP contribution is 2.23. The zero-order valence-electron chi connectivity index (χ0n) is 8.53. The molecule has 0 amide bonds. The molecule has 1 aliphatic heterocycles. The van der Waals surface area contributed by atoms with Crippen LogP contribution in [-0.2, 0) is 4.84 Å². The second-order valence-electron chi connectivity index (χ2n) is 3.63. The number of halogens is 1. The van der Waals surface area contributed by atoms with E-state index < -0.39 is 0 Å². The summed E-state index contributed by atoms with van der Waals surface area (Å²) in [5, 5.41) is 1.88. The van der Waals surface area contributed by atoms with Crippen molar-refractivity contribution in [2.45, 2.75) is 12.5 Å². The first kappa shape index (κ1) is 10.5. The van der Waals surface area contributed by atoms with Crippen LogP contribution in [0.1, 0.15) is 18.0 Å². The molecule has 1 unspecified atom stereocenters. The molecule has 4 heteroatoms. The smallest absolute Gasteiger partial charge is 0.123 e. The molecule has 0 radical (unpaired) electrons. The Morgan fingerprint density at radius 3 is 2.67 bits per heavy atom. The number of nitrogens with two attached hydrogens (primary N) is 1. The van der Waals surface area contributed by atoms with E-state index in [9.17, 15) is 4.39 Å². The molecule has 0 spiro atoms. The minimum Gasteiger partial charge on any atom is -0.329 e. The number of rotatable bonds is 3. The molecule has 3 nitrogen and oxygen atoms in total. The van der Waals surface area contributed by atoms with E-state index in [1.54, 1.807) is 12.1 Å². The van der Waals surface area contributed by atoms with Gasteiger partial charge in [-0.3, -0.25) is 4.84 Å². The summed E-state index contributed by atoms with van der Waals surface area (Å²) < 4.78 is 12.8. The standard InChI is InChI=1S/C11H15FN2O/c12-10-4-2-9(3-5-10)11(8-13)14-6-1-7-15-14/h2-5,11H,1,6-8,13H2. The van der Waals surface area contributed by atoms with E-state index in [1.807, 2.05) is 5.06 Å². The molecule has 15 heavy (non-hydrogen) atoms. The third-order valence-electron chi connectivity index (χ3n) is 2.61. The van der Waals surface area contributed by atoms with Crippen LogP contribution in [0, 0.1) is 5.82 Å². The molecule has 82 valence electrons. The van der Waals surface area contributed by atoms with Crippen molar-refractivity contribution < 1.29 is 9.23 Å². The molecule has 1 saturated heterocycles. The summed E-state index contributed by atoms with van der Waals surface area (Å²) in [5.41, 5.74) is 6.71. The summed E-state index contributed by atoms with van der Waals surface area (Å²) in [6.45, 7) is 2.11. The van der Waals surface area contributed by atoms with Gasteiger partial charge in [0, 0.05) is 13.1 Å². The second kappa shape index (κ2) is 4.70. The number of benzene rings is 1. The highest BCUT2D eigenvalue weighted by Gasteiger charge is 2.23. The van der Waals surface area contributed by atoms with E-state index in [0.717, 1.165) is 25.1 Å². The van der Waals surface area contributed by atoms with Crippen LogP contribution in [0.2, 0.25) is 0 Å². The lowest BCUT2D eigenvalue weighted by molar-refractivity contribution is -0.140. The Morgan fingerprint density at radius 1 is 1.40 bits per heavy atom. The Balaban J connectivity index is 2.14. The Labute approximate surface area is 88.6 Å². The van der Waals surface area contributed by atoms with Crippen molar-refractivity contribution in [3.05, 3.63) is 35.6 Å². The normalized spacial score (nSPS) is 19.3. The predicted molar refractivity (Wildman–Crippen MR) is 55.5 cm³/mol. The van der Waals surface area contributed by atoms with E-state index in [-0.39, 0.29) is 11.9 Å². The van der Waals surface area contributed by atoms with Crippen LogP contribution in [0.5, 0.6) is 0 Å². The van der Waals surface area contributed by atoms with Crippen molar-refractivity contribution >= 4 is 0 Å². The highest BCUT2D eigenvalue weighted by atomic mass is 19.1. The molecule has 1 aromatic rings. The topological polar surface area (TPSA) is 38.5 Å². The highest BCUT2D eigenvalue weighted by molar-refractivity contribution is 5.20. The van der Waals surface area contributed by atoms with Gasteiger partial charge in [0.2, 0.25) is 0 Å². The largest absolute Gasteiger partial charge is 0.329 e. The maximum Gasteiger partial charge on any atom is 0.123 e. The van der Waals surface area contributed by atoms with E-state index in [1.165, 1.54) is 12.1 Å². The summed E-state index contributed by atoms with van der Waals surface area (Å²) >= 11 is 0. The van der Waals surface area contributed by atoms with Gasteiger partial charge >= 0.3 is 0 Å². The van der Waals surface area contributed by atoms with Crippen molar-refractivity contribution in [1.29, 1.82) is 0 Å². The molecule has 0 aromatic heterocycles. The Kier molecular flexibility index (Phi) is 3.30. The zero-order valence-corrected chi connectivity index (χ0v) is 8.53. The van der Waals surface area contributed by atoms with Crippen molar-refractivity contribution in [3.63, 3.8) is 0 Å². The van der Waals surface area contributed by atoms with Gasteiger partial charge in [-0.1, -0.05) is 12.1 Å². The summed E-state index contributed by atoms with van der Waals surface area (Å²) in [6, 6.07) is 6.46. The minimum atomic E-state index is -0.225. The van der Waals surface area contributed by atoms with Crippen LogP contribution in [0.25, 0.3) is 0 Å². The molecule has 0 aliphatic carbocycles. The summed E-state index contributed by atoms with van der Waals surface area (Å²) in [6.07, 6.45) is 1.03. The molecule has 0 saturated carbocycles. The molecule has 2 N–H and O–H groups in total. The van der Waals surface area contributed by atoms with Gasteiger partial charge in [-0.15, -0.1) is 0 Å². The van der Waals surface area contributed by atoms with Crippen LogP contribution < -0.4 is 5.73 Å². The van der Waals surface area contributed by atoms with Gasteiger partial charge in [-0.05, 0) is 24.1 Å². The van der Waals surface area contributed by atoms with Crippen molar-refractivity contribution in [1.82, 2.24) is 5.06 Å². The van der Waals surface area contributed by atoms with Gasteiger partial charge in [-0.2, -0.15) is 5.06 Å². The predicted octanol–water partition coefficient (Wildman–Crippen LogP) is 1.46. The lowest BCUT2D eigenvalue weighted by atomic mass is 10.1. The number of nitrogens with zero attached hydrogens (tertiary/aromatic N) is 1. The molecule has 2 rings (SSSR count). The van der Waals surface area contributed by atoms with Crippen LogP contribution in [0.4, 0.5) is 4.39 Å². The molecule has 1 aliphatic rings. The van der Waals surface area contributed by atoms with Gasteiger partial charge in [0.1, 0.15) is 5.82 Å².